The lowest BCUT2D eigenvalue weighted by Crippen LogP contribution is -2.12. The van der Waals surface area contributed by atoms with Gasteiger partial charge in [0, 0.05) is 17.4 Å². The van der Waals surface area contributed by atoms with Gasteiger partial charge in [-0.1, -0.05) is 51.5 Å². The van der Waals surface area contributed by atoms with Gasteiger partial charge in [-0.15, -0.1) is 0 Å². The average Bonchev–Trinajstić information content (AvgIpc) is 2.33. The van der Waals surface area contributed by atoms with Crippen molar-refractivity contribution in [3.8, 4) is 0 Å². The Morgan fingerprint density at radius 2 is 1.72 bits per heavy atom. The molecule has 0 amide bonds. The first-order chi connectivity index (χ1) is 8.65. The molecule has 0 bridgehead atoms. The molecule has 1 aromatic rings. The summed E-state index contributed by atoms with van der Waals surface area (Å²) in [6.07, 6.45) is 9.03. The van der Waals surface area contributed by atoms with Crippen LogP contribution >= 0.6 is 0 Å². The number of aryl methyl sites for hydroxylation is 2. The van der Waals surface area contributed by atoms with E-state index in [9.17, 15) is 0 Å². The molecule has 0 aliphatic rings. The molecule has 0 saturated heterocycles. The van der Waals surface area contributed by atoms with Crippen molar-refractivity contribution in [3.05, 3.63) is 29.1 Å². The van der Waals surface area contributed by atoms with E-state index in [2.05, 4.69) is 31.0 Å². The van der Waals surface area contributed by atoms with Gasteiger partial charge in [-0.25, -0.2) is 0 Å². The van der Waals surface area contributed by atoms with E-state index in [1.807, 2.05) is 6.92 Å². The summed E-state index contributed by atoms with van der Waals surface area (Å²) in [4.78, 5) is 4.48. The highest BCUT2D eigenvalue weighted by Gasteiger charge is 2.09. The van der Waals surface area contributed by atoms with Crippen LogP contribution in [0.2, 0.25) is 0 Å². The van der Waals surface area contributed by atoms with Gasteiger partial charge in [-0.2, -0.15) is 0 Å². The summed E-state index contributed by atoms with van der Waals surface area (Å²) in [6.45, 7) is 6.34. The zero-order chi connectivity index (χ0) is 13.4. The normalized spacial score (nSPS) is 12.7. The van der Waals surface area contributed by atoms with E-state index in [0.29, 0.717) is 0 Å². The van der Waals surface area contributed by atoms with Crippen molar-refractivity contribution >= 4 is 0 Å². The topological polar surface area (TPSA) is 38.9 Å². The number of unbranched alkanes of at least 4 members (excludes halogenated alkanes) is 5. The molecular weight excluding hydrogens is 220 g/mol. The third-order valence-corrected chi connectivity index (χ3v) is 3.53. The highest BCUT2D eigenvalue weighted by molar-refractivity contribution is 5.24. The van der Waals surface area contributed by atoms with Gasteiger partial charge in [0.15, 0.2) is 0 Å². The Morgan fingerprint density at radius 1 is 1.06 bits per heavy atom. The fourth-order valence-corrected chi connectivity index (χ4v) is 2.39. The summed E-state index contributed by atoms with van der Waals surface area (Å²) < 4.78 is 0. The lowest BCUT2D eigenvalue weighted by Gasteiger charge is -2.14. The Bertz CT molecular complexity index is 347. The minimum atomic E-state index is 0.157. The SMILES string of the molecule is CCCCCCCCC(N)c1ccc(C)nc1C. The van der Waals surface area contributed by atoms with Crippen LogP contribution in [0.25, 0.3) is 0 Å². The highest BCUT2D eigenvalue weighted by Crippen LogP contribution is 2.20. The van der Waals surface area contributed by atoms with E-state index in [1.165, 1.54) is 44.1 Å². The molecule has 0 aliphatic heterocycles. The lowest BCUT2D eigenvalue weighted by atomic mass is 9.99. The summed E-state index contributed by atoms with van der Waals surface area (Å²) >= 11 is 0. The van der Waals surface area contributed by atoms with Gasteiger partial charge in [0.25, 0.3) is 0 Å². The zero-order valence-corrected chi connectivity index (χ0v) is 12.2. The van der Waals surface area contributed by atoms with Crippen LogP contribution in [0.1, 0.15) is 74.9 Å². The van der Waals surface area contributed by atoms with Crippen LogP contribution in [0.5, 0.6) is 0 Å². The van der Waals surface area contributed by atoms with Crippen LogP contribution < -0.4 is 5.73 Å². The van der Waals surface area contributed by atoms with Gasteiger partial charge in [-0.05, 0) is 31.9 Å². The van der Waals surface area contributed by atoms with Crippen molar-refractivity contribution in [1.29, 1.82) is 0 Å². The van der Waals surface area contributed by atoms with E-state index in [-0.39, 0.29) is 6.04 Å². The van der Waals surface area contributed by atoms with E-state index >= 15 is 0 Å². The van der Waals surface area contributed by atoms with Gasteiger partial charge >= 0.3 is 0 Å². The maximum absolute atomic E-state index is 6.25. The summed E-state index contributed by atoms with van der Waals surface area (Å²) in [7, 11) is 0. The quantitative estimate of drug-likeness (QED) is 0.690. The molecule has 102 valence electrons. The first-order valence-electron chi connectivity index (χ1n) is 7.35. The van der Waals surface area contributed by atoms with Crippen molar-refractivity contribution in [2.24, 2.45) is 5.73 Å². The van der Waals surface area contributed by atoms with E-state index < -0.39 is 0 Å². The highest BCUT2D eigenvalue weighted by atomic mass is 14.7. The standard InChI is InChI=1S/C16H28N2/c1-4-5-6-7-8-9-10-16(17)15-12-11-13(2)18-14(15)3/h11-12,16H,4-10,17H2,1-3H3. The number of aromatic nitrogens is 1. The number of hydrogen-bond acceptors (Lipinski definition) is 2. The third kappa shape index (κ3) is 5.18. The Balaban J connectivity index is 2.29. The maximum atomic E-state index is 6.25. The van der Waals surface area contributed by atoms with Crippen LogP contribution in [-0.2, 0) is 0 Å². The summed E-state index contributed by atoms with van der Waals surface area (Å²) in [5.41, 5.74) is 9.63. The van der Waals surface area contributed by atoms with Crippen LogP contribution in [-0.4, -0.2) is 4.98 Å². The molecule has 0 aromatic carbocycles. The van der Waals surface area contributed by atoms with Crippen LogP contribution in [0.15, 0.2) is 12.1 Å². The lowest BCUT2D eigenvalue weighted by molar-refractivity contribution is 0.545. The molecule has 1 aromatic heterocycles. The fourth-order valence-electron chi connectivity index (χ4n) is 2.39. The fraction of sp³-hybridized carbons (Fsp3) is 0.688. The van der Waals surface area contributed by atoms with Crippen molar-refractivity contribution in [2.45, 2.75) is 71.8 Å². The molecule has 1 atom stereocenters. The second kappa shape index (κ2) is 8.25. The molecule has 0 spiro atoms. The van der Waals surface area contributed by atoms with Gasteiger partial charge in [0.1, 0.15) is 0 Å². The molecule has 1 unspecified atom stereocenters. The molecule has 0 aliphatic carbocycles. The first kappa shape index (κ1) is 15.2. The van der Waals surface area contributed by atoms with Gasteiger partial charge in [-0.3, -0.25) is 4.98 Å². The number of rotatable bonds is 8. The third-order valence-electron chi connectivity index (χ3n) is 3.53. The Kier molecular flexibility index (Phi) is 6.96. The van der Waals surface area contributed by atoms with Gasteiger partial charge in [0.05, 0.1) is 0 Å². The van der Waals surface area contributed by atoms with Crippen LogP contribution in [0, 0.1) is 13.8 Å². The number of pyridine rings is 1. The van der Waals surface area contributed by atoms with Crippen molar-refractivity contribution in [3.63, 3.8) is 0 Å². The Morgan fingerprint density at radius 3 is 2.39 bits per heavy atom. The second-order valence-corrected chi connectivity index (χ2v) is 5.29. The minimum absolute atomic E-state index is 0.157. The predicted octanol–water partition coefficient (Wildman–Crippen LogP) is 4.45. The first-order valence-corrected chi connectivity index (χ1v) is 7.35. The van der Waals surface area contributed by atoms with Gasteiger partial charge < -0.3 is 5.73 Å². The molecule has 2 N–H and O–H groups in total. The molecule has 18 heavy (non-hydrogen) atoms. The monoisotopic (exact) mass is 248 g/mol. The van der Waals surface area contributed by atoms with Crippen LogP contribution in [0.4, 0.5) is 0 Å². The largest absolute Gasteiger partial charge is 0.324 e. The smallest absolute Gasteiger partial charge is 0.0423 e. The molecule has 0 fully saturated rings. The molecule has 0 saturated carbocycles. The molecule has 0 radical (unpaired) electrons. The molecule has 2 heteroatoms. The van der Waals surface area contributed by atoms with Gasteiger partial charge in [0.2, 0.25) is 0 Å². The second-order valence-electron chi connectivity index (χ2n) is 5.29. The number of nitrogens with two attached hydrogens (primary N) is 1. The van der Waals surface area contributed by atoms with E-state index in [1.54, 1.807) is 0 Å². The van der Waals surface area contributed by atoms with Crippen molar-refractivity contribution < 1.29 is 0 Å². The summed E-state index contributed by atoms with van der Waals surface area (Å²) in [5, 5.41) is 0. The average molecular weight is 248 g/mol. The summed E-state index contributed by atoms with van der Waals surface area (Å²) in [5.74, 6) is 0. The Labute approximate surface area is 112 Å². The van der Waals surface area contributed by atoms with E-state index in [0.717, 1.165) is 17.8 Å². The number of nitrogens with zero attached hydrogens (tertiary/aromatic N) is 1. The molecule has 1 heterocycles. The summed E-state index contributed by atoms with van der Waals surface area (Å²) in [6, 6.07) is 4.35. The minimum Gasteiger partial charge on any atom is -0.324 e. The van der Waals surface area contributed by atoms with E-state index in [4.69, 9.17) is 5.73 Å². The number of hydrogen-bond donors (Lipinski definition) is 1. The molecule has 2 nitrogen and oxygen atoms in total. The predicted molar refractivity (Wildman–Crippen MR) is 78.6 cm³/mol. The maximum Gasteiger partial charge on any atom is 0.0423 e. The van der Waals surface area contributed by atoms with Crippen molar-refractivity contribution in [1.82, 2.24) is 4.98 Å². The Hall–Kier alpha value is -0.890. The molecular formula is C16H28N2. The zero-order valence-electron chi connectivity index (χ0n) is 12.2. The van der Waals surface area contributed by atoms with Crippen LogP contribution in [0.3, 0.4) is 0 Å². The molecule has 1 rings (SSSR count). The van der Waals surface area contributed by atoms with Crippen molar-refractivity contribution in [2.75, 3.05) is 0 Å².